The van der Waals surface area contributed by atoms with Gasteiger partial charge in [0.2, 0.25) is 0 Å². The molecule has 1 N–H and O–H groups in total. The summed E-state index contributed by atoms with van der Waals surface area (Å²) in [6.07, 6.45) is 6.63. The monoisotopic (exact) mass is 140 g/mol. The third-order valence-corrected chi connectivity index (χ3v) is 2.03. The summed E-state index contributed by atoms with van der Waals surface area (Å²) in [7, 11) is 0. The molecule has 0 spiro atoms. The van der Waals surface area contributed by atoms with Crippen molar-refractivity contribution in [3.05, 3.63) is 23.8 Å². The van der Waals surface area contributed by atoms with Crippen LogP contribution in [0.4, 0.5) is 0 Å². The summed E-state index contributed by atoms with van der Waals surface area (Å²) in [5.74, 6) is 0. The molecule has 1 aliphatic carbocycles. The maximum absolute atomic E-state index is 8.55. The molecule has 0 radical (unpaired) electrons. The SMILES string of the molecule is CC1=CC=CCC1(C)OO. The van der Waals surface area contributed by atoms with E-state index in [9.17, 15) is 0 Å². The van der Waals surface area contributed by atoms with Crippen molar-refractivity contribution in [1.29, 1.82) is 0 Å². The van der Waals surface area contributed by atoms with E-state index in [0.29, 0.717) is 0 Å². The molecule has 2 nitrogen and oxygen atoms in total. The van der Waals surface area contributed by atoms with E-state index in [-0.39, 0.29) is 0 Å². The predicted octanol–water partition coefficient (Wildman–Crippen LogP) is 2.14. The van der Waals surface area contributed by atoms with Crippen LogP contribution in [0.2, 0.25) is 0 Å². The van der Waals surface area contributed by atoms with Gasteiger partial charge in [-0.05, 0) is 19.4 Å². The number of rotatable bonds is 1. The van der Waals surface area contributed by atoms with Crippen LogP contribution in [-0.2, 0) is 4.89 Å². The summed E-state index contributed by atoms with van der Waals surface area (Å²) in [4.78, 5) is 4.37. The molecule has 0 saturated carbocycles. The standard InChI is InChI=1S/C8H12O2/c1-7-5-3-4-6-8(7,2)10-9/h3-5,9H,6H2,1-2H3. The molecule has 10 heavy (non-hydrogen) atoms. The van der Waals surface area contributed by atoms with Gasteiger partial charge in [0.05, 0.1) is 0 Å². The van der Waals surface area contributed by atoms with Gasteiger partial charge in [-0.25, -0.2) is 4.89 Å². The van der Waals surface area contributed by atoms with Crippen LogP contribution in [0, 0.1) is 0 Å². The predicted molar refractivity (Wildman–Crippen MR) is 39.6 cm³/mol. The van der Waals surface area contributed by atoms with Gasteiger partial charge in [-0.2, -0.15) is 0 Å². The summed E-state index contributed by atoms with van der Waals surface area (Å²) in [6.45, 7) is 3.81. The highest BCUT2D eigenvalue weighted by atomic mass is 17.1. The van der Waals surface area contributed by atoms with Crippen molar-refractivity contribution in [2.75, 3.05) is 0 Å². The fourth-order valence-corrected chi connectivity index (χ4v) is 0.952. The zero-order valence-electron chi connectivity index (χ0n) is 6.29. The van der Waals surface area contributed by atoms with Gasteiger partial charge in [-0.15, -0.1) is 0 Å². The van der Waals surface area contributed by atoms with Gasteiger partial charge < -0.3 is 0 Å². The molecule has 1 atom stereocenters. The maximum atomic E-state index is 8.55. The van der Waals surface area contributed by atoms with Crippen LogP contribution in [0.15, 0.2) is 23.8 Å². The quantitative estimate of drug-likeness (QED) is 0.446. The van der Waals surface area contributed by atoms with Crippen molar-refractivity contribution in [1.82, 2.24) is 0 Å². The Balaban J connectivity index is 2.81. The van der Waals surface area contributed by atoms with Crippen LogP contribution < -0.4 is 0 Å². The summed E-state index contributed by atoms with van der Waals surface area (Å²) in [6, 6.07) is 0. The van der Waals surface area contributed by atoms with E-state index in [1.807, 2.05) is 32.1 Å². The molecule has 1 unspecified atom stereocenters. The molecule has 0 aliphatic heterocycles. The molecule has 1 aliphatic rings. The van der Waals surface area contributed by atoms with E-state index in [4.69, 9.17) is 5.26 Å². The Labute approximate surface area is 60.7 Å². The van der Waals surface area contributed by atoms with E-state index in [2.05, 4.69) is 4.89 Å². The zero-order valence-corrected chi connectivity index (χ0v) is 6.29. The van der Waals surface area contributed by atoms with Crippen molar-refractivity contribution in [3.8, 4) is 0 Å². The summed E-state index contributed by atoms with van der Waals surface area (Å²) in [5.41, 5.74) is 0.562. The van der Waals surface area contributed by atoms with Crippen LogP contribution in [0.1, 0.15) is 20.3 Å². The fourth-order valence-electron chi connectivity index (χ4n) is 0.952. The highest BCUT2D eigenvalue weighted by molar-refractivity contribution is 5.25. The lowest BCUT2D eigenvalue weighted by molar-refractivity contribution is -0.305. The summed E-state index contributed by atoms with van der Waals surface area (Å²) in [5, 5.41) is 8.55. The van der Waals surface area contributed by atoms with Crippen LogP contribution in [0.25, 0.3) is 0 Å². The molecule has 0 aromatic rings. The van der Waals surface area contributed by atoms with Gasteiger partial charge in [0.1, 0.15) is 5.60 Å². The molecule has 0 aromatic carbocycles. The summed E-state index contributed by atoms with van der Waals surface area (Å²) >= 11 is 0. The lowest BCUT2D eigenvalue weighted by atomic mass is 9.90. The Morgan fingerprint density at radius 2 is 2.40 bits per heavy atom. The van der Waals surface area contributed by atoms with Gasteiger partial charge in [0.15, 0.2) is 0 Å². The topological polar surface area (TPSA) is 29.5 Å². The molecule has 56 valence electrons. The van der Waals surface area contributed by atoms with Gasteiger partial charge in [0, 0.05) is 6.42 Å². The largest absolute Gasteiger partial charge is 0.251 e. The Kier molecular flexibility index (Phi) is 1.92. The van der Waals surface area contributed by atoms with E-state index in [1.54, 1.807) is 0 Å². The van der Waals surface area contributed by atoms with E-state index in [1.165, 1.54) is 0 Å². The van der Waals surface area contributed by atoms with Crippen LogP contribution in [0.3, 0.4) is 0 Å². The molecule has 0 aromatic heterocycles. The van der Waals surface area contributed by atoms with Crippen molar-refractivity contribution in [2.24, 2.45) is 0 Å². The normalized spacial score (nSPS) is 32.1. The number of hydrogen-bond donors (Lipinski definition) is 1. The molecular formula is C8H12O2. The average molecular weight is 140 g/mol. The second-order valence-electron chi connectivity index (χ2n) is 2.80. The Bertz CT molecular complexity index is 182. The maximum Gasteiger partial charge on any atom is 0.125 e. The first-order chi connectivity index (χ1) is 4.69. The number of hydrogen-bond acceptors (Lipinski definition) is 2. The lowest BCUT2D eigenvalue weighted by Gasteiger charge is -2.27. The first-order valence-corrected chi connectivity index (χ1v) is 3.35. The second-order valence-corrected chi connectivity index (χ2v) is 2.80. The number of allylic oxidation sites excluding steroid dienone is 2. The first kappa shape index (κ1) is 7.51. The molecule has 0 heterocycles. The minimum Gasteiger partial charge on any atom is -0.251 e. The van der Waals surface area contributed by atoms with E-state index < -0.39 is 5.60 Å². The molecule has 2 heteroatoms. The molecule has 0 fully saturated rings. The van der Waals surface area contributed by atoms with Crippen molar-refractivity contribution >= 4 is 0 Å². The Morgan fingerprint density at radius 1 is 1.70 bits per heavy atom. The first-order valence-electron chi connectivity index (χ1n) is 3.35. The Hall–Kier alpha value is -0.600. The minimum absolute atomic E-state index is 0.491. The van der Waals surface area contributed by atoms with Crippen molar-refractivity contribution < 1.29 is 10.1 Å². The Morgan fingerprint density at radius 3 is 2.80 bits per heavy atom. The molecule has 0 amide bonds. The highest BCUT2D eigenvalue weighted by Gasteiger charge is 2.27. The van der Waals surface area contributed by atoms with E-state index >= 15 is 0 Å². The zero-order chi connectivity index (χ0) is 7.61. The molecule has 0 saturated heterocycles. The van der Waals surface area contributed by atoms with Gasteiger partial charge >= 0.3 is 0 Å². The molecular weight excluding hydrogens is 128 g/mol. The van der Waals surface area contributed by atoms with Crippen LogP contribution in [-0.4, -0.2) is 10.9 Å². The lowest BCUT2D eigenvalue weighted by Crippen LogP contribution is -2.29. The van der Waals surface area contributed by atoms with Crippen LogP contribution in [0.5, 0.6) is 0 Å². The third-order valence-electron chi connectivity index (χ3n) is 2.03. The molecule has 1 rings (SSSR count). The average Bonchev–Trinajstić information content (AvgIpc) is 1.96. The summed E-state index contributed by atoms with van der Waals surface area (Å²) < 4.78 is 0. The highest BCUT2D eigenvalue weighted by Crippen LogP contribution is 2.27. The third kappa shape index (κ3) is 1.13. The second kappa shape index (κ2) is 2.56. The van der Waals surface area contributed by atoms with Gasteiger partial charge in [-0.1, -0.05) is 18.2 Å². The molecule has 0 bridgehead atoms. The minimum atomic E-state index is -0.491. The van der Waals surface area contributed by atoms with Gasteiger partial charge in [0.25, 0.3) is 0 Å². The van der Waals surface area contributed by atoms with Crippen molar-refractivity contribution in [2.45, 2.75) is 25.9 Å². The van der Waals surface area contributed by atoms with E-state index in [0.717, 1.165) is 12.0 Å². The van der Waals surface area contributed by atoms with Gasteiger partial charge in [-0.3, -0.25) is 5.26 Å². The van der Waals surface area contributed by atoms with Crippen molar-refractivity contribution in [3.63, 3.8) is 0 Å². The van der Waals surface area contributed by atoms with Crippen LogP contribution >= 0.6 is 0 Å². The fraction of sp³-hybridized carbons (Fsp3) is 0.500. The smallest absolute Gasteiger partial charge is 0.125 e.